The van der Waals surface area contributed by atoms with Gasteiger partial charge in [-0.05, 0) is 31.5 Å². The van der Waals surface area contributed by atoms with Crippen molar-refractivity contribution in [2.24, 2.45) is 11.1 Å². The lowest BCUT2D eigenvalue weighted by Crippen LogP contribution is -2.43. The summed E-state index contributed by atoms with van der Waals surface area (Å²) < 4.78 is 5.46. The topological polar surface area (TPSA) is 38.5 Å². The largest absolute Gasteiger partial charge is 0.496 e. The zero-order valence-corrected chi connectivity index (χ0v) is 14.2. The lowest BCUT2D eigenvalue weighted by atomic mass is 9.85. The lowest BCUT2D eigenvalue weighted by molar-refractivity contribution is 0.0989. The molecule has 0 saturated carbocycles. The molecule has 0 fully saturated rings. The minimum atomic E-state index is 0.0351. The van der Waals surface area contributed by atoms with E-state index in [1.165, 1.54) is 0 Å². The molecule has 0 heterocycles. The fourth-order valence-electron chi connectivity index (χ4n) is 2.39. The van der Waals surface area contributed by atoms with E-state index < -0.39 is 0 Å². The van der Waals surface area contributed by atoms with Crippen LogP contribution in [0.1, 0.15) is 39.3 Å². The number of likely N-dealkylation sites (N-methyl/N-ethyl adjacent to an activating group) is 1. The van der Waals surface area contributed by atoms with Gasteiger partial charge >= 0.3 is 0 Å². The first-order valence-electron chi connectivity index (χ1n) is 6.98. The SMILES string of the molecule is COc1cccc(Cl)c1C(CN)N(C)C(C)C(C)(C)C. The fourth-order valence-corrected chi connectivity index (χ4v) is 2.68. The molecule has 0 radical (unpaired) electrons. The first kappa shape index (κ1) is 17.3. The minimum Gasteiger partial charge on any atom is -0.496 e. The molecule has 0 aliphatic rings. The fraction of sp³-hybridized carbons (Fsp3) is 0.625. The average Bonchev–Trinajstić information content (AvgIpc) is 2.39. The van der Waals surface area contributed by atoms with Crippen LogP contribution in [0.2, 0.25) is 5.02 Å². The Morgan fingerprint density at radius 2 is 1.95 bits per heavy atom. The number of nitrogens with zero attached hydrogens (tertiary/aromatic N) is 1. The van der Waals surface area contributed by atoms with Gasteiger partial charge < -0.3 is 10.5 Å². The van der Waals surface area contributed by atoms with E-state index in [2.05, 4.69) is 39.6 Å². The highest BCUT2D eigenvalue weighted by Crippen LogP contribution is 2.37. The number of rotatable bonds is 5. The van der Waals surface area contributed by atoms with Crippen LogP contribution in [0.3, 0.4) is 0 Å². The van der Waals surface area contributed by atoms with E-state index in [9.17, 15) is 0 Å². The van der Waals surface area contributed by atoms with Gasteiger partial charge in [0.25, 0.3) is 0 Å². The summed E-state index contributed by atoms with van der Waals surface area (Å²) in [5.74, 6) is 0.793. The summed E-state index contributed by atoms with van der Waals surface area (Å²) in [5, 5.41) is 0.702. The van der Waals surface area contributed by atoms with E-state index in [0.717, 1.165) is 11.3 Å². The molecule has 0 amide bonds. The Morgan fingerprint density at radius 1 is 1.35 bits per heavy atom. The van der Waals surface area contributed by atoms with Crippen molar-refractivity contribution >= 4 is 11.6 Å². The molecule has 1 rings (SSSR count). The second-order valence-electron chi connectivity index (χ2n) is 6.31. The Labute approximate surface area is 128 Å². The van der Waals surface area contributed by atoms with Crippen LogP contribution in [-0.4, -0.2) is 31.6 Å². The Hall–Kier alpha value is -0.770. The van der Waals surface area contributed by atoms with Crippen LogP contribution in [-0.2, 0) is 0 Å². The average molecular weight is 299 g/mol. The molecule has 0 spiro atoms. The van der Waals surface area contributed by atoms with Gasteiger partial charge in [-0.15, -0.1) is 0 Å². The number of nitrogens with two attached hydrogens (primary N) is 1. The summed E-state index contributed by atoms with van der Waals surface area (Å²) in [6.45, 7) is 9.39. The number of halogens is 1. The molecule has 20 heavy (non-hydrogen) atoms. The van der Waals surface area contributed by atoms with E-state index >= 15 is 0 Å². The number of hydrogen-bond acceptors (Lipinski definition) is 3. The third-order valence-electron chi connectivity index (χ3n) is 4.15. The molecule has 114 valence electrons. The zero-order valence-electron chi connectivity index (χ0n) is 13.4. The Balaban J connectivity index is 3.20. The molecule has 0 aliphatic carbocycles. The van der Waals surface area contributed by atoms with Gasteiger partial charge in [-0.25, -0.2) is 0 Å². The van der Waals surface area contributed by atoms with Gasteiger partial charge in [0.2, 0.25) is 0 Å². The van der Waals surface area contributed by atoms with Gasteiger partial charge in [0.05, 0.1) is 13.2 Å². The van der Waals surface area contributed by atoms with Gasteiger partial charge in [-0.2, -0.15) is 0 Å². The number of hydrogen-bond donors (Lipinski definition) is 1. The molecule has 2 atom stereocenters. The van der Waals surface area contributed by atoms with Crippen LogP contribution >= 0.6 is 11.6 Å². The van der Waals surface area contributed by atoms with Gasteiger partial charge in [-0.1, -0.05) is 38.4 Å². The van der Waals surface area contributed by atoms with Gasteiger partial charge in [0.1, 0.15) is 5.75 Å². The lowest BCUT2D eigenvalue weighted by Gasteiger charge is -2.40. The van der Waals surface area contributed by atoms with Crippen LogP contribution in [0, 0.1) is 5.41 Å². The molecule has 0 aliphatic heterocycles. The van der Waals surface area contributed by atoms with Crippen LogP contribution in [0.5, 0.6) is 5.75 Å². The molecule has 2 N–H and O–H groups in total. The maximum atomic E-state index is 6.38. The van der Waals surface area contributed by atoms with Crippen molar-refractivity contribution in [2.75, 3.05) is 20.7 Å². The molecular weight excluding hydrogens is 272 g/mol. The zero-order chi connectivity index (χ0) is 15.5. The Kier molecular flexibility index (Phi) is 5.87. The Morgan fingerprint density at radius 3 is 2.40 bits per heavy atom. The van der Waals surface area contributed by atoms with Crippen molar-refractivity contribution in [2.45, 2.75) is 39.8 Å². The third-order valence-corrected chi connectivity index (χ3v) is 4.47. The highest BCUT2D eigenvalue weighted by atomic mass is 35.5. The summed E-state index contributed by atoms with van der Waals surface area (Å²) in [7, 11) is 3.76. The van der Waals surface area contributed by atoms with Crippen molar-refractivity contribution in [1.82, 2.24) is 4.90 Å². The van der Waals surface area contributed by atoms with Gasteiger partial charge in [0.15, 0.2) is 0 Å². The number of benzene rings is 1. The summed E-state index contributed by atoms with van der Waals surface area (Å²) in [4.78, 5) is 2.28. The van der Waals surface area contributed by atoms with Crippen LogP contribution < -0.4 is 10.5 Å². The predicted molar refractivity (Wildman–Crippen MR) is 86.5 cm³/mol. The normalized spacial score (nSPS) is 15.2. The molecule has 0 saturated heterocycles. The standard InChI is InChI=1S/C16H27ClN2O/c1-11(16(2,3)4)19(5)13(10-18)15-12(17)8-7-9-14(15)20-6/h7-9,11,13H,10,18H2,1-6H3. The van der Waals surface area contributed by atoms with Gasteiger partial charge in [-0.3, -0.25) is 4.90 Å². The maximum Gasteiger partial charge on any atom is 0.125 e. The van der Waals surface area contributed by atoms with E-state index in [4.69, 9.17) is 22.1 Å². The predicted octanol–water partition coefficient (Wildman–Crippen LogP) is 3.71. The molecule has 1 aromatic rings. The molecule has 0 bridgehead atoms. The molecule has 4 heteroatoms. The van der Waals surface area contributed by atoms with E-state index in [0.29, 0.717) is 17.6 Å². The number of methoxy groups -OCH3 is 1. The highest BCUT2D eigenvalue weighted by Gasteiger charge is 2.31. The summed E-state index contributed by atoms with van der Waals surface area (Å²) >= 11 is 6.38. The van der Waals surface area contributed by atoms with E-state index in [-0.39, 0.29) is 11.5 Å². The van der Waals surface area contributed by atoms with E-state index in [1.807, 2.05) is 18.2 Å². The molecular formula is C16H27ClN2O. The monoisotopic (exact) mass is 298 g/mol. The smallest absolute Gasteiger partial charge is 0.125 e. The van der Waals surface area contributed by atoms with Crippen molar-refractivity contribution in [3.63, 3.8) is 0 Å². The van der Waals surface area contributed by atoms with Crippen LogP contribution in [0.15, 0.2) is 18.2 Å². The second-order valence-corrected chi connectivity index (χ2v) is 6.72. The van der Waals surface area contributed by atoms with Crippen molar-refractivity contribution in [3.8, 4) is 5.75 Å². The quantitative estimate of drug-likeness (QED) is 0.900. The van der Waals surface area contributed by atoms with E-state index in [1.54, 1.807) is 7.11 Å². The van der Waals surface area contributed by atoms with Gasteiger partial charge in [0, 0.05) is 23.2 Å². The first-order chi connectivity index (χ1) is 9.23. The highest BCUT2D eigenvalue weighted by molar-refractivity contribution is 6.31. The van der Waals surface area contributed by atoms with Crippen molar-refractivity contribution in [1.29, 1.82) is 0 Å². The first-order valence-corrected chi connectivity index (χ1v) is 7.36. The third kappa shape index (κ3) is 3.66. The minimum absolute atomic E-state index is 0.0351. The molecule has 3 nitrogen and oxygen atoms in total. The van der Waals surface area contributed by atoms with Crippen molar-refractivity contribution < 1.29 is 4.74 Å². The van der Waals surface area contributed by atoms with Crippen molar-refractivity contribution in [3.05, 3.63) is 28.8 Å². The summed E-state index contributed by atoms with van der Waals surface area (Å²) in [5.41, 5.74) is 7.16. The van der Waals surface area contributed by atoms with Crippen LogP contribution in [0.4, 0.5) is 0 Å². The molecule has 1 aromatic carbocycles. The maximum absolute atomic E-state index is 6.38. The number of ether oxygens (including phenoxy) is 1. The Bertz CT molecular complexity index is 443. The molecule has 0 aromatic heterocycles. The second kappa shape index (κ2) is 6.79. The molecule has 2 unspecified atom stereocenters. The summed E-state index contributed by atoms with van der Waals surface area (Å²) in [6, 6.07) is 6.10. The summed E-state index contributed by atoms with van der Waals surface area (Å²) in [6.07, 6.45) is 0. The van der Waals surface area contributed by atoms with Crippen LogP contribution in [0.25, 0.3) is 0 Å².